The van der Waals surface area contributed by atoms with Crippen molar-refractivity contribution in [2.75, 3.05) is 4.90 Å². The first-order valence-corrected chi connectivity index (χ1v) is 14.3. The molecular weight excluding hydrogens is 636 g/mol. The molecule has 0 aliphatic carbocycles. The van der Waals surface area contributed by atoms with Crippen molar-refractivity contribution in [2.24, 2.45) is 0 Å². The van der Waals surface area contributed by atoms with Gasteiger partial charge in [0.2, 0.25) is 5.13 Å². The summed E-state index contributed by atoms with van der Waals surface area (Å²) in [5.74, 6) is -2.16. The summed E-state index contributed by atoms with van der Waals surface area (Å²) >= 11 is 18.3. The number of thioether (sulfide) groups is 1. The predicted molar refractivity (Wildman–Crippen MR) is 151 cm³/mol. The molecule has 5 rings (SSSR count). The Kier molecular flexibility index (Phi) is 7.88. The molecule has 38 heavy (non-hydrogen) atoms. The summed E-state index contributed by atoms with van der Waals surface area (Å²) in [6.07, 6.45) is 0. The summed E-state index contributed by atoms with van der Waals surface area (Å²) in [6, 6.07) is 16.6. The number of ketones is 1. The number of halogens is 4. The Labute approximate surface area is 243 Å². The maximum Gasteiger partial charge on any atom is 0.301 e. The third-order valence-corrected chi connectivity index (χ3v) is 8.93. The van der Waals surface area contributed by atoms with Crippen LogP contribution in [0.3, 0.4) is 0 Å². The smallest absolute Gasteiger partial charge is 0.301 e. The number of aromatic nitrogens is 2. The highest BCUT2D eigenvalue weighted by Crippen LogP contribution is 2.46. The Morgan fingerprint density at radius 1 is 1.08 bits per heavy atom. The van der Waals surface area contributed by atoms with E-state index >= 15 is 0 Å². The van der Waals surface area contributed by atoms with Crippen molar-refractivity contribution in [3.63, 3.8) is 0 Å². The SMILES string of the molecule is O=C1C(=O)N(c2nnc(SCc3ccccc3F)s2)C(c2ccc(Cl)cc2Cl)/C1=C(/O)c1ccc(Br)cc1. The second-order valence-corrected chi connectivity index (χ2v) is 12.0. The van der Waals surface area contributed by atoms with Crippen LogP contribution < -0.4 is 4.90 Å². The fraction of sp³-hybridized carbons (Fsp3) is 0.0769. The number of carbonyl (C=O) groups excluding carboxylic acids is 2. The highest BCUT2D eigenvalue weighted by atomic mass is 79.9. The van der Waals surface area contributed by atoms with Gasteiger partial charge in [0.05, 0.1) is 11.6 Å². The minimum Gasteiger partial charge on any atom is -0.507 e. The van der Waals surface area contributed by atoms with Crippen molar-refractivity contribution in [3.8, 4) is 0 Å². The zero-order valence-electron chi connectivity index (χ0n) is 19.1. The van der Waals surface area contributed by atoms with Gasteiger partial charge in [-0.3, -0.25) is 14.5 Å². The van der Waals surface area contributed by atoms with Gasteiger partial charge in [-0.1, -0.05) is 98.6 Å². The number of hydrogen-bond donors (Lipinski definition) is 1. The van der Waals surface area contributed by atoms with Gasteiger partial charge < -0.3 is 5.11 Å². The fourth-order valence-corrected chi connectivity index (χ4v) is 6.55. The molecule has 3 aromatic carbocycles. The van der Waals surface area contributed by atoms with Gasteiger partial charge in [0.15, 0.2) is 4.34 Å². The molecule has 1 saturated heterocycles. The van der Waals surface area contributed by atoms with Crippen LogP contribution in [0.1, 0.15) is 22.7 Å². The standard InChI is InChI=1S/C26H15BrCl2FN3O3S2/c27-15-7-5-13(6-8-15)22(34)20-21(17-10-9-16(28)11-18(17)29)33(24(36)23(20)35)25-31-32-26(38-25)37-12-14-3-1-2-4-19(14)30/h1-11,21,34H,12H2/b22-20-. The Morgan fingerprint density at radius 2 is 1.82 bits per heavy atom. The number of rotatable bonds is 6. The quantitative estimate of drug-likeness (QED) is 0.0758. The molecule has 0 saturated carbocycles. The molecule has 1 amide bonds. The molecule has 0 bridgehead atoms. The van der Waals surface area contributed by atoms with Crippen molar-refractivity contribution in [1.82, 2.24) is 10.2 Å². The Bertz CT molecular complexity index is 1600. The molecule has 2 heterocycles. The lowest BCUT2D eigenvalue weighted by Gasteiger charge is -2.23. The number of hydrogen-bond acceptors (Lipinski definition) is 7. The number of benzene rings is 3. The normalized spacial score (nSPS) is 16.8. The fourth-order valence-electron chi connectivity index (χ4n) is 3.92. The van der Waals surface area contributed by atoms with Crippen LogP contribution in [0.2, 0.25) is 10.0 Å². The van der Waals surface area contributed by atoms with Crippen LogP contribution in [-0.4, -0.2) is 27.0 Å². The molecule has 4 aromatic rings. The largest absolute Gasteiger partial charge is 0.507 e. The molecule has 0 spiro atoms. The molecule has 1 aliphatic rings. The minimum absolute atomic E-state index is 0.133. The van der Waals surface area contributed by atoms with Crippen molar-refractivity contribution >= 4 is 84.8 Å². The van der Waals surface area contributed by atoms with Gasteiger partial charge in [-0.2, -0.15) is 0 Å². The van der Waals surface area contributed by atoms with Gasteiger partial charge in [0.1, 0.15) is 11.6 Å². The van der Waals surface area contributed by atoms with Gasteiger partial charge in [0, 0.05) is 25.8 Å². The monoisotopic (exact) mass is 649 g/mol. The average molecular weight is 651 g/mol. The number of Topliss-reactive ketones (excluding diaryl/α,β-unsaturated/α-hetero) is 1. The topological polar surface area (TPSA) is 83.4 Å². The zero-order chi connectivity index (χ0) is 27.0. The number of carbonyl (C=O) groups is 2. The summed E-state index contributed by atoms with van der Waals surface area (Å²) in [5.41, 5.74) is 1.08. The Balaban J connectivity index is 1.57. The predicted octanol–water partition coefficient (Wildman–Crippen LogP) is 7.67. The van der Waals surface area contributed by atoms with Crippen LogP contribution in [-0.2, 0) is 15.3 Å². The van der Waals surface area contributed by atoms with E-state index in [4.69, 9.17) is 23.2 Å². The highest BCUT2D eigenvalue weighted by molar-refractivity contribution is 9.10. The second kappa shape index (κ2) is 11.2. The van der Waals surface area contributed by atoms with E-state index in [0.717, 1.165) is 15.8 Å². The highest BCUT2D eigenvalue weighted by Gasteiger charge is 2.49. The number of anilines is 1. The van der Waals surface area contributed by atoms with E-state index in [1.807, 2.05) is 0 Å². The van der Waals surface area contributed by atoms with E-state index < -0.39 is 17.7 Å². The molecule has 1 fully saturated rings. The Hall–Kier alpha value is -2.76. The molecule has 6 nitrogen and oxygen atoms in total. The molecule has 1 unspecified atom stereocenters. The van der Waals surface area contributed by atoms with Crippen molar-refractivity contribution in [1.29, 1.82) is 0 Å². The van der Waals surface area contributed by atoms with E-state index in [1.165, 1.54) is 28.8 Å². The van der Waals surface area contributed by atoms with Crippen LogP contribution in [0, 0.1) is 5.82 Å². The third kappa shape index (κ3) is 5.23. The lowest BCUT2D eigenvalue weighted by molar-refractivity contribution is -0.132. The van der Waals surface area contributed by atoms with Gasteiger partial charge in [-0.25, -0.2) is 4.39 Å². The third-order valence-electron chi connectivity index (χ3n) is 5.73. The van der Waals surface area contributed by atoms with Gasteiger partial charge in [-0.05, 0) is 41.5 Å². The number of aliphatic hydroxyl groups is 1. The van der Waals surface area contributed by atoms with Gasteiger partial charge in [-0.15, -0.1) is 10.2 Å². The number of amides is 1. The summed E-state index contributed by atoms with van der Waals surface area (Å²) < 4.78 is 15.3. The van der Waals surface area contributed by atoms with Crippen LogP contribution in [0.25, 0.3) is 5.76 Å². The van der Waals surface area contributed by atoms with Crippen LogP contribution in [0.5, 0.6) is 0 Å². The number of aliphatic hydroxyl groups excluding tert-OH is 1. The molecule has 12 heteroatoms. The van der Waals surface area contributed by atoms with Crippen molar-refractivity contribution < 1.29 is 19.1 Å². The van der Waals surface area contributed by atoms with Crippen molar-refractivity contribution in [3.05, 3.63) is 109 Å². The van der Waals surface area contributed by atoms with Crippen LogP contribution in [0.4, 0.5) is 9.52 Å². The second-order valence-electron chi connectivity index (χ2n) is 8.07. The number of nitrogens with zero attached hydrogens (tertiary/aromatic N) is 3. The van der Waals surface area contributed by atoms with Gasteiger partial charge >= 0.3 is 5.91 Å². The summed E-state index contributed by atoms with van der Waals surface area (Å²) in [6.45, 7) is 0. The average Bonchev–Trinajstić information content (AvgIpc) is 3.46. The molecule has 1 aliphatic heterocycles. The molecule has 0 radical (unpaired) electrons. The van der Waals surface area contributed by atoms with Crippen LogP contribution in [0.15, 0.2) is 81.1 Å². The first-order chi connectivity index (χ1) is 18.2. The minimum atomic E-state index is -1.08. The first kappa shape index (κ1) is 26.8. The van der Waals surface area contributed by atoms with E-state index in [0.29, 0.717) is 31.8 Å². The van der Waals surface area contributed by atoms with Gasteiger partial charge in [0.25, 0.3) is 5.78 Å². The Morgan fingerprint density at radius 3 is 2.53 bits per heavy atom. The molecule has 1 atom stereocenters. The van der Waals surface area contributed by atoms with Crippen LogP contribution >= 0.6 is 62.2 Å². The molecule has 1 aromatic heterocycles. The van der Waals surface area contributed by atoms with E-state index in [-0.39, 0.29) is 27.3 Å². The summed E-state index contributed by atoms with van der Waals surface area (Å²) in [4.78, 5) is 27.8. The van der Waals surface area contributed by atoms with E-state index in [2.05, 4.69) is 26.1 Å². The molecule has 1 N–H and O–H groups in total. The summed E-state index contributed by atoms with van der Waals surface area (Å²) in [7, 11) is 0. The van der Waals surface area contributed by atoms with E-state index in [9.17, 15) is 19.1 Å². The van der Waals surface area contributed by atoms with Crippen molar-refractivity contribution in [2.45, 2.75) is 16.1 Å². The van der Waals surface area contributed by atoms with E-state index in [1.54, 1.807) is 54.6 Å². The molecular formula is C26H15BrCl2FN3O3S2. The lowest BCUT2D eigenvalue weighted by atomic mass is 9.95. The zero-order valence-corrected chi connectivity index (χ0v) is 23.8. The maximum atomic E-state index is 14.0. The maximum absolute atomic E-state index is 14.0. The first-order valence-electron chi connectivity index (χ1n) is 11.0. The molecule has 192 valence electrons. The lowest BCUT2D eigenvalue weighted by Crippen LogP contribution is -2.29. The summed E-state index contributed by atoms with van der Waals surface area (Å²) in [5, 5.41) is 20.2.